The van der Waals surface area contributed by atoms with Gasteiger partial charge in [0.1, 0.15) is 11.6 Å². The topological polar surface area (TPSA) is 43.4 Å². The van der Waals surface area contributed by atoms with E-state index in [4.69, 9.17) is 9.47 Å². The number of nitrogens with one attached hydrogen (secondary N) is 1. The van der Waals surface area contributed by atoms with Gasteiger partial charge < -0.3 is 14.8 Å². The highest BCUT2D eigenvalue weighted by molar-refractivity contribution is 5.92. The van der Waals surface area contributed by atoms with Crippen LogP contribution >= 0.6 is 0 Å². The van der Waals surface area contributed by atoms with Gasteiger partial charge >= 0.3 is 0 Å². The Morgan fingerprint density at radius 1 is 1.30 bits per heavy atom. The molecule has 1 saturated carbocycles. The van der Waals surface area contributed by atoms with E-state index >= 15 is 0 Å². The van der Waals surface area contributed by atoms with E-state index in [1.165, 1.54) is 5.39 Å². The summed E-state index contributed by atoms with van der Waals surface area (Å²) in [7, 11) is 1.68. The molecule has 1 fully saturated rings. The molecule has 1 heterocycles. The average Bonchev–Trinajstić information content (AvgIpc) is 2.45. The van der Waals surface area contributed by atoms with E-state index < -0.39 is 0 Å². The van der Waals surface area contributed by atoms with E-state index in [0.717, 1.165) is 36.4 Å². The molecule has 0 unspecified atom stereocenters. The minimum absolute atomic E-state index is 0.405. The molecule has 0 bridgehead atoms. The molecule has 0 spiro atoms. The van der Waals surface area contributed by atoms with Gasteiger partial charge in [0.25, 0.3) is 0 Å². The van der Waals surface area contributed by atoms with E-state index in [0.29, 0.717) is 12.1 Å². The minimum Gasteiger partial charge on any atom is -0.497 e. The van der Waals surface area contributed by atoms with Crippen molar-refractivity contribution in [3.8, 4) is 5.75 Å². The largest absolute Gasteiger partial charge is 0.497 e. The lowest BCUT2D eigenvalue weighted by Crippen LogP contribution is -2.41. The normalized spacial score (nSPS) is 21.5. The SMILES string of the molecule is CCOC1CC(Nc2nccc3ccc(OC)cc23)C1. The van der Waals surface area contributed by atoms with Gasteiger partial charge in [0, 0.05) is 24.2 Å². The number of benzene rings is 1. The predicted molar refractivity (Wildman–Crippen MR) is 80.4 cm³/mol. The summed E-state index contributed by atoms with van der Waals surface area (Å²) < 4.78 is 10.9. The van der Waals surface area contributed by atoms with Crippen molar-refractivity contribution >= 4 is 16.6 Å². The molecule has 0 amide bonds. The number of anilines is 1. The highest BCUT2D eigenvalue weighted by Crippen LogP contribution is 2.30. The first-order valence-corrected chi connectivity index (χ1v) is 7.11. The summed E-state index contributed by atoms with van der Waals surface area (Å²) in [5.41, 5.74) is 0. The van der Waals surface area contributed by atoms with Crippen LogP contribution in [0.5, 0.6) is 5.75 Å². The Hall–Kier alpha value is -1.81. The molecule has 1 aliphatic rings. The Labute approximate surface area is 119 Å². The number of hydrogen-bond donors (Lipinski definition) is 1. The molecular weight excluding hydrogens is 252 g/mol. The monoisotopic (exact) mass is 272 g/mol. The van der Waals surface area contributed by atoms with Crippen LogP contribution in [0.4, 0.5) is 5.82 Å². The predicted octanol–water partition coefficient (Wildman–Crippen LogP) is 3.22. The number of methoxy groups -OCH3 is 1. The third-order valence-corrected chi connectivity index (χ3v) is 3.81. The van der Waals surface area contributed by atoms with Crippen LogP contribution in [0.1, 0.15) is 19.8 Å². The van der Waals surface area contributed by atoms with Crippen molar-refractivity contribution in [1.82, 2.24) is 4.98 Å². The van der Waals surface area contributed by atoms with Gasteiger partial charge in [-0.2, -0.15) is 0 Å². The summed E-state index contributed by atoms with van der Waals surface area (Å²) in [5, 5.41) is 5.79. The Kier molecular flexibility index (Phi) is 3.74. The Morgan fingerprint density at radius 2 is 2.15 bits per heavy atom. The molecule has 3 rings (SSSR count). The lowest BCUT2D eigenvalue weighted by molar-refractivity contribution is 0.00295. The van der Waals surface area contributed by atoms with Crippen LogP contribution in [0.25, 0.3) is 10.8 Å². The fourth-order valence-electron chi connectivity index (χ4n) is 2.64. The van der Waals surface area contributed by atoms with Gasteiger partial charge in [-0.1, -0.05) is 6.07 Å². The third kappa shape index (κ3) is 2.56. The fraction of sp³-hybridized carbons (Fsp3) is 0.438. The molecule has 1 aromatic carbocycles. The summed E-state index contributed by atoms with van der Waals surface area (Å²) >= 11 is 0. The third-order valence-electron chi connectivity index (χ3n) is 3.81. The second kappa shape index (κ2) is 5.67. The molecule has 20 heavy (non-hydrogen) atoms. The first-order chi connectivity index (χ1) is 9.80. The standard InChI is InChI=1S/C16H20N2O2/c1-3-20-14-8-12(9-14)18-16-15-10-13(19-2)5-4-11(15)6-7-17-16/h4-7,10,12,14H,3,8-9H2,1-2H3,(H,17,18). The van der Waals surface area contributed by atoms with Crippen molar-refractivity contribution in [1.29, 1.82) is 0 Å². The number of rotatable bonds is 5. The average molecular weight is 272 g/mol. The van der Waals surface area contributed by atoms with Crippen LogP contribution in [0.2, 0.25) is 0 Å². The molecule has 106 valence electrons. The lowest BCUT2D eigenvalue weighted by atomic mass is 9.89. The smallest absolute Gasteiger partial charge is 0.134 e. The van der Waals surface area contributed by atoms with Crippen LogP contribution in [-0.2, 0) is 4.74 Å². The van der Waals surface area contributed by atoms with Crippen LogP contribution in [0.15, 0.2) is 30.5 Å². The zero-order valence-corrected chi connectivity index (χ0v) is 11.9. The van der Waals surface area contributed by atoms with Gasteiger partial charge in [-0.25, -0.2) is 4.98 Å². The minimum atomic E-state index is 0.405. The highest BCUT2D eigenvalue weighted by Gasteiger charge is 2.29. The molecular formula is C16H20N2O2. The van der Waals surface area contributed by atoms with Crippen molar-refractivity contribution in [2.75, 3.05) is 19.0 Å². The summed E-state index contributed by atoms with van der Waals surface area (Å²) in [4.78, 5) is 4.47. The quantitative estimate of drug-likeness (QED) is 0.907. The van der Waals surface area contributed by atoms with Crippen LogP contribution in [-0.4, -0.2) is 30.8 Å². The molecule has 0 radical (unpaired) electrons. The van der Waals surface area contributed by atoms with Crippen molar-refractivity contribution in [3.63, 3.8) is 0 Å². The Morgan fingerprint density at radius 3 is 2.90 bits per heavy atom. The van der Waals surface area contributed by atoms with Gasteiger partial charge in [0.05, 0.1) is 13.2 Å². The van der Waals surface area contributed by atoms with Crippen LogP contribution < -0.4 is 10.1 Å². The van der Waals surface area contributed by atoms with Crippen molar-refractivity contribution in [3.05, 3.63) is 30.5 Å². The number of ether oxygens (including phenoxy) is 2. The van der Waals surface area contributed by atoms with Gasteiger partial charge in [-0.05, 0) is 43.4 Å². The summed E-state index contributed by atoms with van der Waals surface area (Å²) in [5.74, 6) is 1.79. The van der Waals surface area contributed by atoms with E-state index in [9.17, 15) is 0 Å². The van der Waals surface area contributed by atoms with E-state index in [-0.39, 0.29) is 0 Å². The van der Waals surface area contributed by atoms with E-state index in [1.807, 2.05) is 31.3 Å². The number of pyridine rings is 1. The second-order valence-corrected chi connectivity index (χ2v) is 5.14. The fourth-order valence-corrected chi connectivity index (χ4v) is 2.64. The zero-order valence-electron chi connectivity index (χ0n) is 11.9. The van der Waals surface area contributed by atoms with Crippen molar-refractivity contribution in [2.24, 2.45) is 0 Å². The molecule has 2 aromatic rings. The van der Waals surface area contributed by atoms with Gasteiger partial charge in [-0.15, -0.1) is 0 Å². The second-order valence-electron chi connectivity index (χ2n) is 5.14. The number of hydrogen-bond acceptors (Lipinski definition) is 4. The molecule has 4 heteroatoms. The Bertz CT molecular complexity index is 594. The molecule has 1 aromatic heterocycles. The first kappa shape index (κ1) is 13.2. The number of fused-ring (bicyclic) bond motifs is 1. The Balaban J connectivity index is 1.78. The van der Waals surface area contributed by atoms with Gasteiger partial charge in [0.15, 0.2) is 0 Å². The van der Waals surface area contributed by atoms with Gasteiger partial charge in [0.2, 0.25) is 0 Å². The highest BCUT2D eigenvalue weighted by atomic mass is 16.5. The summed E-state index contributed by atoms with van der Waals surface area (Å²) in [6.45, 7) is 2.83. The van der Waals surface area contributed by atoms with Crippen LogP contribution in [0.3, 0.4) is 0 Å². The van der Waals surface area contributed by atoms with E-state index in [2.05, 4.69) is 16.4 Å². The summed E-state index contributed by atoms with van der Waals surface area (Å²) in [6, 6.07) is 8.54. The van der Waals surface area contributed by atoms with Crippen molar-refractivity contribution in [2.45, 2.75) is 31.9 Å². The molecule has 1 aliphatic carbocycles. The first-order valence-electron chi connectivity index (χ1n) is 7.11. The molecule has 1 N–H and O–H groups in total. The van der Waals surface area contributed by atoms with Crippen molar-refractivity contribution < 1.29 is 9.47 Å². The molecule has 4 nitrogen and oxygen atoms in total. The maximum atomic E-state index is 5.59. The lowest BCUT2D eigenvalue weighted by Gasteiger charge is -2.35. The zero-order chi connectivity index (χ0) is 13.9. The number of nitrogens with zero attached hydrogens (tertiary/aromatic N) is 1. The molecule has 0 aliphatic heterocycles. The maximum absolute atomic E-state index is 5.59. The van der Waals surface area contributed by atoms with Gasteiger partial charge in [-0.3, -0.25) is 0 Å². The molecule has 0 atom stereocenters. The number of aromatic nitrogens is 1. The van der Waals surface area contributed by atoms with Crippen LogP contribution in [0, 0.1) is 0 Å². The maximum Gasteiger partial charge on any atom is 0.134 e. The summed E-state index contributed by atoms with van der Waals surface area (Å²) in [6.07, 6.45) is 4.35. The molecule has 0 saturated heterocycles. The van der Waals surface area contributed by atoms with E-state index in [1.54, 1.807) is 7.11 Å².